The van der Waals surface area contributed by atoms with Crippen molar-refractivity contribution in [1.82, 2.24) is 4.98 Å². The first-order valence-corrected chi connectivity index (χ1v) is 4.40. The lowest BCUT2D eigenvalue weighted by Gasteiger charge is -2.10. The van der Waals surface area contributed by atoms with Crippen LogP contribution in [-0.4, -0.2) is 4.98 Å². The van der Waals surface area contributed by atoms with Crippen molar-refractivity contribution >= 4 is 10.8 Å². The Bertz CT molecular complexity index is 503. The van der Waals surface area contributed by atoms with Gasteiger partial charge in [0, 0.05) is 17.8 Å². The lowest BCUT2D eigenvalue weighted by molar-refractivity contribution is -0.136. The molecule has 0 aliphatic carbocycles. The highest BCUT2D eigenvalue weighted by atomic mass is 19.4. The van der Waals surface area contributed by atoms with Crippen LogP contribution in [0.1, 0.15) is 11.1 Å². The van der Waals surface area contributed by atoms with Crippen LogP contribution in [0.2, 0.25) is 0 Å². The van der Waals surface area contributed by atoms with Crippen LogP contribution in [0.15, 0.2) is 30.6 Å². The number of nitrogens with zero attached hydrogens (tertiary/aromatic N) is 1. The van der Waals surface area contributed by atoms with Gasteiger partial charge in [-0.2, -0.15) is 13.2 Å². The van der Waals surface area contributed by atoms with Gasteiger partial charge in [0.2, 0.25) is 0 Å². The maximum Gasteiger partial charge on any atom is 0.417 e. The number of hydrogen-bond acceptors (Lipinski definition) is 1. The molecule has 15 heavy (non-hydrogen) atoms. The summed E-state index contributed by atoms with van der Waals surface area (Å²) in [6.45, 7) is 1.75. The second kappa shape index (κ2) is 3.22. The minimum Gasteiger partial charge on any atom is -0.264 e. The Labute approximate surface area is 84.6 Å². The lowest BCUT2D eigenvalue weighted by atomic mass is 10.0. The summed E-state index contributed by atoms with van der Waals surface area (Å²) in [4.78, 5) is 3.79. The topological polar surface area (TPSA) is 12.9 Å². The molecule has 0 saturated carbocycles. The average Bonchev–Trinajstić information content (AvgIpc) is 2.16. The molecule has 0 spiro atoms. The van der Waals surface area contributed by atoms with Crippen molar-refractivity contribution in [3.8, 4) is 0 Å². The van der Waals surface area contributed by atoms with Gasteiger partial charge in [0.1, 0.15) is 0 Å². The largest absolute Gasteiger partial charge is 0.417 e. The van der Waals surface area contributed by atoms with Gasteiger partial charge in [-0.1, -0.05) is 12.1 Å². The maximum atomic E-state index is 12.6. The predicted octanol–water partition coefficient (Wildman–Crippen LogP) is 3.56. The van der Waals surface area contributed by atoms with Gasteiger partial charge in [-0.05, 0) is 23.9 Å². The van der Waals surface area contributed by atoms with Crippen molar-refractivity contribution in [2.75, 3.05) is 0 Å². The molecule has 0 atom stereocenters. The molecule has 1 nitrogen and oxygen atoms in total. The van der Waals surface area contributed by atoms with Crippen LogP contribution in [-0.2, 0) is 6.18 Å². The molecule has 0 unspecified atom stereocenters. The van der Waals surface area contributed by atoms with E-state index in [0.29, 0.717) is 5.39 Å². The van der Waals surface area contributed by atoms with Gasteiger partial charge < -0.3 is 0 Å². The van der Waals surface area contributed by atoms with Gasteiger partial charge in [-0.3, -0.25) is 4.98 Å². The van der Waals surface area contributed by atoms with E-state index in [1.165, 1.54) is 12.3 Å². The highest BCUT2D eigenvalue weighted by Crippen LogP contribution is 2.34. The number of benzene rings is 1. The lowest BCUT2D eigenvalue weighted by Crippen LogP contribution is -2.05. The number of rotatable bonds is 0. The summed E-state index contributed by atoms with van der Waals surface area (Å²) in [7, 11) is 0. The Morgan fingerprint density at radius 3 is 2.47 bits per heavy atom. The smallest absolute Gasteiger partial charge is 0.264 e. The van der Waals surface area contributed by atoms with E-state index in [9.17, 15) is 13.2 Å². The van der Waals surface area contributed by atoms with Crippen LogP contribution in [0.3, 0.4) is 0 Å². The zero-order valence-electron chi connectivity index (χ0n) is 7.97. The molecule has 78 valence electrons. The zero-order valence-corrected chi connectivity index (χ0v) is 7.97. The fourth-order valence-corrected chi connectivity index (χ4v) is 1.59. The summed E-state index contributed by atoms with van der Waals surface area (Å²) in [5.74, 6) is 0. The molecule has 0 fully saturated rings. The van der Waals surface area contributed by atoms with Gasteiger partial charge in [0.15, 0.2) is 0 Å². The van der Waals surface area contributed by atoms with Gasteiger partial charge in [-0.25, -0.2) is 0 Å². The van der Waals surface area contributed by atoms with E-state index in [1.807, 2.05) is 0 Å². The fraction of sp³-hybridized carbons (Fsp3) is 0.182. The van der Waals surface area contributed by atoms with Crippen molar-refractivity contribution in [1.29, 1.82) is 0 Å². The number of fused-ring (bicyclic) bond motifs is 1. The third kappa shape index (κ3) is 1.67. The first-order chi connectivity index (χ1) is 7.00. The minimum absolute atomic E-state index is 0.157. The third-order valence-corrected chi connectivity index (χ3v) is 2.31. The summed E-state index contributed by atoms with van der Waals surface area (Å²) in [6.07, 6.45) is -1.51. The molecule has 0 amide bonds. The van der Waals surface area contributed by atoms with Crippen LogP contribution in [0.5, 0.6) is 0 Å². The standard InChI is InChI=1S/C11H8F3N/c1-7-5-15-6-9-8(7)3-2-4-10(9)11(12,13)14/h2-6H,1H3. The highest BCUT2D eigenvalue weighted by molar-refractivity contribution is 5.87. The molecule has 0 N–H and O–H groups in total. The average molecular weight is 211 g/mol. The Kier molecular flexibility index (Phi) is 2.14. The Hall–Kier alpha value is -1.58. The van der Waals surface area contributed by atoms with Crippen LogP contribution < -0.4 is 0 Å². The van der Waals surface area contributed by atoms with Crippen molar-refractivity contribution in [2.45, 2.75) is 13.1 Å². The van der Waals surface area contributed by atoms with Crippen LogP contribution in [0, 0.1) is 6.92 Å². The SMILES string of the molecule is Cc1cncc2c(C(F)(F)F)cccc12. The molecule has 1 aromatic heterocycles. The van der Waals surface area contributed by atoms with Gasteiger partial charge >= 0.3 is 6.18 Å². The second-order valence-electron chi connectivity index (χ2n) is 3.35. The molecule has 1 heterocycles. The first-order valence-electron chi connectivity index (χ1n) is 4.40. The predicted molar refractivity (Wildman–Crippen MR) is 51.5 cm³/mol. The molecule has 0 saturated heterocycles. The highest BCUT2D eigenvalue weighted by Gasteiger charge is 2.32. The zero-order chi connectivity index (χ0) is 11.1. The van der Waals surface area contributed by atoms with Crippen molar-refractivity contribution in [2.24, 2.45) is 0 Å². The molecule has 0 bridgehead atoms. The summed E-state index contributed by atoms with van der Waals surface area (Å²) in [6, 6.07) is 4.16. The molecular weight excluding hydrogens is 203 g/mol. The van der Waals surface area contributed by atoms with E-state index < -0.39 is 11.7 Å². The monoisotopic (exact) mass is 211 g/mol. The van der Waals surface area contributed by atoms with Crippen molar-refractivity contribution < 1.29 is 13.2 Å². The van der Waals surface area contributed by atoms with E-state index in [2.05, 4.69) is 4.98 Å². The first kappa shape index (κ1) is 9.96. The van der Waals surface area contributed by atoms with Crippen molar-refractivity contribution in [3.63, 3.8) is 0 Å². The number of aromatic nitrogens is 1. The molecule has 2 aromatic rings. The number of aryl methyl sites for hydroxylation is 1. The molecule has 0 radical (unpaired) electrons. The molecule has 0 aliphatic rings. The summed E-state index contributed by atoms with van der Waals surface area (Å²) in [5, 5.41) is 0.754. The summed E-state index contributed by atoms with van der Waals surface area (Å²) in [5.41, 5.74) is 0.120. The van der Waals surface area contributed by atoms with E-state index in [1.54, 1.807) is 19.2 Å². The quantitative estimate of drug-likeness (QED) is 0.649. The number of halogens is 3. The van der Waals surface area contributed by atoms with E-state index >= 15 is 0 Å². The van der Waals surface area contributed by atoms with Crippen LogP contribution >= 0.6 is 0 Å². The van der Waals surface area contributed by atoms with Gasteiger partial charge in [0.05, 0.1) is 5.56 Å². The summed E-state index contributed by atoms with van der Waals surface area (Å²) < 4.78 is 37.9. The summed E-state index contributed by atoms with van der Waals surface area (Å²) >= 11 is 0. The van der Waals surface area contributed by atoms with Crippen molar-refractivity contribution in [3.05, 3.63) is 41.7 Å². The molecule has 2 rings (SSSR count). The molecule has 4 heteroatoms. The number of hydrogen-bond donors (Lipinski definition) is 0. The Morgan fingerprint density at radius 2 is 1.80 bits per heavy atom. The van der Waals surface area contributed by atoms with E-state index in [0.717, 1.165) is 11.6 Å². The van der Waals surface area contributed by atoms with E-state index in [-0.39, 0.29) is 5.39 Å². The molecule has 0 aliphatic heterocycles. The van der Waals surface area contributed by atoms with Crippen LogP contribution in [0.4, 0.5) is 13.2 Å². The number of alkyl halides is 3. The Morgan fingerprint density at radius 1 is 1.07 bits per heavy atom. The minimum atomic E-state index is -4.32. The fourth-order valence-electron chi connectivity index (χ4n) is 1.59. The molecular formula is C11H8F3N. The molecule has 1 aromatic carbocycles. The van der Waals surface area contributed by atoms with Gasteiger partial charge in [-0.15, -0.1) is 0 Å². The maximum absolute atomic E-state index is 12.6. The number of pyridine rings is 1. The van der Waals surface area contributed by atoms with E-state index in [4.69, 9.17) is 0 Å². The van der Waals surface area contributed by atoms with Crippen LogP contribution in [0.25, 0.3) is 10.8 Å². The normalized spacial score (nSPS) is 12.0. The Balaban J connectivity index is 2.83. The third-order valence-electron chi connectivity index (χ3n) is 2.31. The van der Waals surface area contributed by atoms with Gasteiger partial charge in [0.25, 0.3) is 0 Å². The second-order valence-corrected chi connectivity index (χ2v) is 3.35.